The highest BCUT2D eigenvalue weighted by atomic mass is 79.9. The third-order valence-electron chi connectivity index (χ3n) is 1.86. The Morgan fingerprint density at radius 1 is 1.64 bits per heavy atom. The van der Waals surface area contributed by atoms with Gasteiger partial charge in [-0.2, -0.15) is 0 Å². The van der Waals surface area contributed by atoms with Gasteiger partial charge in [-0.05, 0) is 32.2 Å². The molecule has 0 bridgehead atoms. The molecule has 0 aromatic carbocycles. The number of alkyl halides is 1. The van der Waals surface area contributed by atoms with Crippen LogP contribution in [0.1, 0.15) is 31.7 Å². The molecule has 0 fully saturated rings. The second kappa shape index (κ2) is 4.45. The van der Waals surface area contributed by atoms with Gasteiger partial charge in [0.1, 0.15) is 0 Å². The van der Waals surface area contributed by atoms with Crippen LogP contribution >= 0.6 is 27.3 Å². The van der Waals surface area contributed by atoms with Gasteiger partial charge in [-0.1, -0.05) is 22.0 Å². The quantitative estimate of drug-likeness (QED) is 0.844. The van der Waals surface area contributed by atoms with E-state index in [1.165, 1.54) is 4.88 Å². The summed E-state index contributed by atoms with van der Waals surface area (Å²) in [5.41, 5.74) is 0. The van der Waals surface area contributed by atoms with Gasteiger partial charge < -0.3 is 5.32 Å². The van der Waals surface area contributed by atoms with Crippen molar-refractivity contribution in [1.29, 1.82) is 0 Å². The van der Waals surface area contributed by atoms with E-state index in [0.717, 1.165) is 0 Å². The Bertz CT molecular complexity index is 302. The average molecular weight is 276 g/mol. The summed E-state index contributed by atoms with van der Waals surface area (Å²) in [5.74, 6) is 0.0124. The first-order chi connectivity index (χ1) is 6.41. The minimum atomic E-state index is -0.501. The number of halogens is 1. The third-order valence-corrected chi connectivity index (χ3v) is 3.27. The zero-order valence-electron chi connectivity index (χ0n) is 8.50. The lowest BCUT2D eigenvalue weighted by Crippen LogP contribution is -2.38. The van der Waals surface area contributed by atoms with Gasteiger partial charge in [0.05, 0.1) is 10.4 Å². The van der Waals surface area contributed by atoms with Crippen molar-refractivity contribution in [1.82, 2.24) is 5.32 Å². The topological polar surface area (TPSA) is 29.1 Å². The molecule has 1 aromatic heterocycles. The molecule has 1 amide bonds. The highest BCUT2D eigenvalue weighted by Gasteiger charge is 2.25. The average Bonchev–Trinajstić information content (AvgIpc) is 2.53. The van der Waals surface area contributed by atoms with Crippen molar-refractivity contribution in [3.05, 3.63) is 22.4 Å². The molecule has 78 valence electrons. The van der Waals surface area contributed by atoms with E-state index in [-0.39, 0.29) is 11.9 Å². The maximum atomic E-state index is 11.6. The molecule has 0 aliphatic rings. The lowest BCUT2D eigenvalue weighted by Gasteiger charge is -2.19. The Morgan fingerprint density at radius 3 is 2.71 bits per heavy atom. The van der Waals surface area contributed by atoms with E-state index >= 15 is 0 Å². The minimum Gasteiger partial charge on any atom is -0.348 e. The molecule has 14 heavy (non-hydrogen) atoms. The van der Waals surface area contributed by atoms with Crippen LogP contribution in [-0.4, -0.2) is 10.2 Å². The van der Waals surface area contributed by atoms with Gasteiger partial charge >= 0.3 is 0 Å². The Hall–Kier alpha value is -0.350. The Labute approximate surface area is 96.8 Å². The smallest absolute Gasteiger partial charge is 0.236 e. The van der Waals surface area contributed by atoms with Crippen molar-refractivity contribution in [3.63, 3.8) is 0 Å². The molecule has 1 N–H and O–H groups in total. The zero-order chi connectivity index (χ0) is 10.8. The van der Waals surface area contributed by atoms with Crippen LogP contribution in [0.25, 0.3) is 0 Å². The summed E-state index contributed by atoms with van der Waals surface area (Å²) in [7, 11) is 0. The SMILES string of the molecule is CC(NC(=O)C(C)(C)Br)c1cccs1. The molecule has 0 saturated heterocycles. The predicted molar refractivity (Wildman–Crippen MR) is 63.9 cm³/mol. The first kappa shape index (κ1) is 11.7. The number of hydrogen-bond acceptors (Lipinski definition) is 2. The molecule has 1 aromatic rings. The Kier molecular flexibility index (Phi) is 3.72. The van der Waals surface area contributed by atoms with E-state index in [0.29, 0.717) is 0 Å². The van der Waals surface area contributed by atoms with E-state index in [2.05, 4.69) is 21.2 Å². The van der Waals surface area contributed by atoms with E-state index in [1.54, 1.807) is 11.3 Å². The van der Waals surface area contributed by atoms with Crippen molar-refractivity contribution in [2.45, 2.75) is 31.1 Å². The lowest BCUT2D eigenvalue weighted by molar-refractivity contribution is -0.123. The number of rotatable bonds is 3. The third kappa shape index (κ3) is 3.10. The molecular weight excluding hydrogens is 262 g/mol. The van der Waals surface area contributed by atoms with Crippen LogP contribution < -0.4 is 5.32 Å². The van der Waals surface area contributed by atoms with Crippen LogP contribution in [-0.2, 0) is 4.79 Å². The van der Waals surface area contributed by atoms with Gasteiger partial charge in [0.2, 0.25) is 5.91 Å². The van der Waals surface area contributed by atoms with Gasteiger partial charge in [-0.3, -0.25) is 4.79 Å². The van der Waals surface area contributed by atoms with Crippen molar-refractivity contribution in [3.8, 4) is 0 Å². The van der Waals surface area contributed by atoms with Crippen LogP contribution in [0.3, 0.4) is 0 Å². The lowest BCUT2D eigenvalue weighted by atomic mass is 10.2. The molecule has 4 heteroatoms. The van der Waals surface area contributed by atoms with Gasteiger partial charge in [0.15, 0.2) is 0 Å². The maximum absolute atomic E-state index is 11.6. The standard InChI is InChI=1S/C10H14BrNOS/c1-7(8-5-4-6-14-8)12-9(13)10(2,3)11/h4-7H,1-3H3,(H,12,13). The molecule has 1 unspecified atom stereocenters. The van der Waals surface area contributed by atoms with Gasteiger partial charge in [-0.25, -0.2) is 0 Å². The highest BCUT2D eigenvalue weighted by Crippen LogP contribution is 2.21. The molecule has 1 rings (SSSR count). The number of thiophene rings is 1. The molecule has 0 spiro atoms. The van der Waals surface area contributed by atoms with Crippen molar-refractivity contribution < 1.29 is 4.79 Å². The van der Waals surface area contributed by atoms with E-state index in [9.17, 15) is 4.79 Å². The summed E-state index contributed by atoms with van der Waals surface area (Å²) in [6.07, 6.45) is 0. The van der Waals surface area contributed by atoms with Crippen molar-refractivity contribution >= 4 is 33.2 Å². The summed E-state index contributed by atoms with van der Waals surface area (Å²) in [6.45, 7) is 5.66. The molecule has 0 aliphatic carbocycles. The van der Waals surface area contributed by atoms with Crippen LogP contribution in [0, 0.1) is 0 Å². The summed E-state index contributed by atoms with van der Waals surface area (Å²) in [6, 6.07) is 4.10. The molecular formula is C10H14BrNOS. The van der Waals surface area contributed by atoms with Crippen molar-refractivity contribution in [2.75, 3.05) is 0 Å². The number of hydrogen-bond donors (Lipinski definition) is 1. The molecule has 0 aliphatic heterocycles. The molecule has 1 heterocycles. The van der Waals surface area contributed by atoms with Gasteiger partial charge in [0.25, 0.3) is 0 Å². The molecule has 1 atom stereocenters. The number of nitrogens with one attached hydrogen (secondary N) is 1. The highest BCUT2D eigenvalue weighted by molar-refractivity contribution is 9.10. The van der Waals surface area contributed by atoms with E-state index < -0.39 is 4.32 Å². The fourth-order valence-electron chi connectivity index (χ4n) is 0.977. The predicted octanol–water partition coefficient (Wildman–Crippen LogP) is 3.10. The number of carbonyl (C=O) groups is 1. The first-order valence-corrected chi connectivity index (χ1v) is 6.12. The fourth-order valence-corrected chi connectivity index (χ4v) is 1.83. The van der Waals surface area contributed by atoms with Crippen LogP contribution in [0.5, 0.6) is 0 Å². The largest absolute Gasteiger partial charge is 0.348 e. The summed E-state index contributed by atoms with van der Waals surface area (Å²) in [4.78, 5) is 12.8. The second-order valence-electron chi connectivity index (χ2n) is 3.68. The van der Waals surface area contributed by atoms with Crippen molar-refractivity contribution in [2.24, 2.45) is 0 Å². The van der Waals surface area contributed by atoms with Gasteiger partial charge in [0, 0.05) is 4.88 Å². The Morgan fingerprint density at radius 2 is 2.29 bits per heavy atom. The second-order valence-corrected chi connectivity index (χ2v) is 6.64. The number of carbonyl (C=O) groups excluding carboxylic acids is 1. The van der Waals surface area contributed by atoms with Crippen LogP contribution in [0.15, 0.2) is 17.5 Å². The molecule has 2 nitrogen and oxygen atoms in total. The maximum Gasteiger partial charge on any atom is 0.236 e. The summed E-state index contributed by atoms with van der Waals surface area (Å²) >= 11 is 4.98. The Balaban J connectivity index is 2.58. The molecule has 0 saturated carbocycles. The summed E-state index contributed by atoms with van der Waals surface area (Å²) < 4.78 is -0.501. The van der Waals surface area contributed by atoms with Crippen LogP contribution in [0.4, 0.5) is 0 Å². The van der Waals surface area contributed by atoms with Crippen LogP contribution in [0.2, 0.25) is 0 Å². The van der Waals surface area contributed by atoms with Gasteiger partial charge in [-0.15, -0.1) is 11.3 Å². The van der Waals surface area contributed by atoms with E-state index in [1.807, 2.05) is 38.3 Å². The monoisotopic (exact) mass is 275 g/mol. The minimum absolute atomic E-state index is 0.0124. The normalized spacial score (nSPS) is 13.7. The zero-order valence-corrected chi connectivity index (χ0v) is 10.9. The summed E-state index contributed by atoms with van der Waals surface area (Å²) in [5, 5.41) is 4.96. The molecule has 0 radical (unpaired) electrons. The van der Waals surface area contributed by atoms with E-state index in [4.69, 9.17) is 0 Å². The first-order valence-electron chi connectivity index (χ1n) is 4.44. The number of amides is 1. The fraction of sp³-hybridized carbons (Fsp3) is 0.500.